The average Bonchev–Trinajstić information content (AvgIpc) is 2.71. The molecule has 1 atom stereocenters. The Labute approximate surface area is 129 Å². The molecule has 0 unspecified atom stereocenters. The maximum absolute atomic E-state index is 12.4. The summed E-state index contributed by atoms with van der Waals surface area (Å²) in [6, 6.07) is 3.81. The minimum atomic E-state index is 0.229. The first kappa shape index (κ1) is 15.8. The van der Waals surface area contributed by atoms with Gasteiger partial charge in [0.2, 0.25) is 5.91 Å². The summed E-state index contributed by atoms with van der Waals surface area (Å²) < 4.78 is 5.91. The zero-order chi connectivity index (χ0) is 14.4. The van der Waals surface area contributed by atoms with Gasteiger partial charge in [-0.3, -0.25) is 4.79 Å². The minimum absolute atomic E-state index is 0.229. The first-order valence-corrected chi connectivity index (χ1v) is 8.39. The number of amides is 1. The Balaban J connectivity index is 1.89. The summed E-state index contributed by atoms with van der Waals surface area (Å²) in [5.41, 5.74) is 0. The molecule has 1 saturated heterocycles. The number of hydrogen-bond donors (Lipinski definition) is 0. The molecule has 2 heterocycles. The van der Waals surface area contributed by atoms with Gasteiger partial charge in [0.05, 0.1) is 10.8 Å². The van der Waals surface area contributed by atoms with E-state index in [9.17, 15) is 4.79 Å². The number of carbonyl (C=O) groups excluding carboxylic acids is 1. The van der Waals surface area contributed by atoms with Crippen LogP contribution in [0.15, 0.2) is 12.1 Å². The fourth-order valence-electron chi connectivity index (χ4n) is 2.68. The summed E-state index contributed by atoms with van der Waals surface area (Å²) in [4.78, 5) is 15.5. The van der Waals surface area contributed by atoms with Crippen LogP contribution < -0.4 is 0 Å². The summed E-state index contributed by atoms with van der Waals surface area (Å²) in [5, 5.41) is 0. The molecule has 1 aliphatic rings. The molecule has 1 aromatic heterocycles. The van der Waals surface area contributed by atoms with Gasteiger partial charge in [-0.1, -0.05) is 18.0 Å². The maximum atomic E-state index is 12.4. The first-order chi connectivity index (χ1) is 9.69. The molecule has 1 aromatic rings. The second-order valence-electron chi connectivity index (χ2n) is 5.37. The van der Waals surface area contributed by atoms with E-state index >= 15 is 0 Å². The van der Waals surface area contributed by atoms with Crippen LogP contribution in [0.2, 0.25) is 4.34 Å². The molecule has 1 fully saturated rings. The Morgan fingerprint density at radius 2 is 2.35 bits per heavy atom. The van der Waals surface area contributed by atoms with Crippen LogP contribution in [0.25, 0.3) is 0 Å². The predicted molar refractivity (Wildman–Crippen MR) is 83.4 cm³/mol. The van der Waals surface area contributed by atoms with E-state index < -0.39 is 0 Å². The summed E-state index contributed by atoms with van der Waals surface area (Å²) in [5.74, 6) is 0.807. The van der Waals surface area contributed by atoms with Gasteiger partial charge in [-0.25, -0.2) is 0 Å². The Kier molecular flexibility index (Phi) is 6.33. The Morgan fingerprint density at radius 1 is 1.50 bits per heavy atom. The lowest BCUT2D eigenvalue weighted by Crippen LogP contribution is -2.35. The highest BCUT2D eigenvalue weighted by Crippen LogP contribution is 2.24. The smallest absolute Gasteiger partial charge is 0.227 e. The molecule has 0 aromatic carbocycles. The topological polar surface area (TPSA) is 29.5 Å². The molecule has 0 saturated carbocycles. The Hall–Kier alpha value is -0.580. The van der Waals surface area contributed by atoms with E-state index in [0.29, 0.717) is 12.3 Å². The lowest BCUT2D eigenvalue weighted by atomic mass is 10.00. The fraction of sp³-hybridized carbons (Fsp3) is 0.667. The van der Waals surface area contributed by atoms with Crippen LogP contribution in [0.1, 0.15) is 30.6 Å². The third-order valence-electron chi connectivity index (χ3n) is 3.81. The number of carbonyl (C=O) groups is 1. The predicted octanol–water partition coefficient (Wildman–Crippen LogP) is 3.61. The molecular formula is C15H22ClNO2S. The highest BCUT2D eigenvalue weighted by Gasteiger charge is 2.22. The Bertz CT molecular complexity index is 435. The lowest BCUT2D eigenvalue weighted by molar-refractivity contribution is -0.130. The fourth-order valence-corrected chi connectivity index (χ4v) is 3.76. The quantitative estimate of drug-likeness (QED) is 0.830. The summed E-state index contributed by atoms with van der Waals surface area (Å²) >= 11 is 7.41. The SMILES string of the molecule is COCC[C@H]1CCCCN(C(=O)Cc2ccc(Cl)s2)C1. The number of hydrogen-bond acceptors (Lipinski definition) is 3. The summed E-state index contributed by atoms with van der Waals surface area (Å²) in [6.07, 6.45) is 5.06. The van der Waals surface area contributed by atoms with Gasteiger partial charge >= 0.3 is 0 Å². The molecule has 1 amide bonds. The van der Waals surface area contributed by atoms with Crippen molar-refractivity contribution >= 4 is 28.8 Å². The van der Waals surface area contributed by atoms with E-state index in [0.717, 1.165) is 41.8 Å². The van der Waals surface area contributed by atoms with E-state index in [1.54, 1.807) is 7.11 Å². The second kappa shape index (κ2) is 8.01. The van der Waals surface area contributed by atoms with Crippen molar-refractivity contribution in [2.24, 2.45) is 5.92 Å². The van der Waals surface area contributed by atoms with Crippen molar-refractivity contribution in [2.75, 3.05) is 26.8 Å². The first-order valence-electron chi connectivity index (χ1n) is 7.20. The molecule has 0 N–H and O–H groups in total. The number of likely N-dealkylation sites (tertiary alicyclic amines) is 1. The van der Waals surface area contributed by atoms with Gasteiger partial charge in [0.25, 0.3) is 0 Å². The van der Waals surface area contributed by atoms with Crippen molar-refractivity contribution < 1.29 is 9.53 Å². The molecule has 2 rings (SSSR count). The molecule has 112 valence electrons. The van der Waals surface area contributed by atoms with Crippen LogP contribution in [0, 0.1) is 5.92 Å². The van der Waals surface area contributed by atoms with Crippen molar-refractivity contribution in [3.63, 3.8) is 0 Å². The standard InChI is InChI=1S/C15H22ClNO2S/c1-19-9-7-12-4-2-3-8-17(11-12)15(18)10-13-5-6-14(16)20-13/h5-6,12H,2-4,7-11H2,1H3/t12-/m1/s1. The molecule has 1 aliphatic heterocycles. The van der Waals surface area contributed by atoms with Gasteiger partial charge in [0, 0.05) is 31.7 Å². The van der Waals surface area contributed by atoms with Crippen LogP contribution >= 0.6 is 22.9 Å². The van der Waals surface area contributed by atoms with Crippen molar-refractivity contribution in [1.29, 1.82) is 0 Å². The van der Waals surface area contributed by atoms with E-state index in [1.807, 2.05) is 17.0 Å². The molecule has 0 bridgehead atoms. The number of ether oxygens (including phenoxy) is 1. The van der Waals surface area contributed by atoms with Gasteiger partial charge in [-0.05, 0) is 37.3 Å². The summed E-state index contributed by atoms with van der Waals surface area (Å²) in [6.45, 7) is 2.55. The second-order valence-corrected chi connectivity index (χ2v) is 7.17. The van der Waals surface area contributed by atoms with Gasteiger partial charge in [0.1, 0.15) is 0 Å². The monoisotopic (exact) mass is 315 g/mol. The van der Waals surface area contributed by atoms with Gasteiger partial charge in [0.15, 0.2) is 0 Å². The summed E-state index contributed by atoms with van der Waals surface area (Å²) in [7, 11) is 1.74. The molecule has 5 heteroatoms. The van der Waals surface area contributed by atoms with Crippen LogP contribution in [0.5, 0.6) is 0 Å². The highest BCUT2D eigenvalue weighted by atomic mass is 35.5. The van der Waals surface area contributed by atoms with Crippen LogP contribution in [0.4, 0.5) is 0 Å². The van der Waals surface area contributed by atoms with Crippen molar-refractivity contribution in [3.05, 3.63) is 21.3 Å². The number of halogens is 1. The van der Waals surface area contributed by atoms with Gasteiger partial charge in [-0.2, -0.15) is 0 Å². The lowest BCUT2D eigenvalue weighted by Gasteiger charge is -2.24. The third kappa shape index (κ3) is 4.76. The number of methoxy groups -OCH3 is 1. The average molecular weight is 316 g/mol. The number of rotatable bonds is 5. The molecular weight excluding hydrogens is 294 g/mol. The molecule has 0 spiro atoms. The van der Waals surface area contributed by atoms with Crippen molar-refractivity contribution in [2.45, 2.75) is 32.1 Å². The molecule has 20 heavy (non-hydrogen) atoms. The molecule has 0 aliphatic carbocycles. The van der Waals surface area contributed by atoms with Gasteiger partial charge < -0.3 is 9.64 Å². The van der Waals surface area contributed by atoms with E-state index in [1.165, 1.54) is 24.2 Å². The van der Waals surface area contributed by atoms with Crippen molar-refractivity contribution in [1.82, 2.24) is 4.90 Å². The van der Waals surface area contributed by atoms with E-state index in [-0.39, 0.29) is 5.91 Å². The van der Waals surface area contributed by atoms with Gasteiger partial charge in [-0.15, -0.1) is 11.3 Å². The van der Waals surface area contributed by atoms with E-state index in [4.69, 9.17) is 16.3 Å². The zero-order valence-electron chi connectivity index (χ0n) is 11.9. The number of nitrogens with zero attached hydrogens (tertiary/aromatic N) is 1. The minimum Gasteiger partial charge on any atom is -0.385 e. The maximum Gasteiger partial charge on any atom is 0.227 e. The van der Waals surface area contributed by atoms with Crippen LogP contribution in [-0.2, 0) is 16.0 Å². The molecule has 3 nitrogen and oxygen atoms in total. The van der Waals surface area contributed by atoms with Crippen LogP contribution in [0.3, 0.4) is 0 Å². The van der Waals surface area contributed by atoms with Crippen molar-refractivity contribution in [3.8, 4) is 0 Å². The largest absolute Gasteiger partial charge is 0.385 e. The van der Waals surface area contributed by atoms with Crippen LogP contribution in [-0.4, -0.2) is 37.6 Å². The molecule has 0 radical (unpaired) electrons. The normalized spacial score (nSPS) is 19.9. The zero-order valence-corrected chi connectivity index (χ0v) is 13.5. The third-order valence-corrected chi connectivity index (χ3v) is 5.04. The van der Waals surface area contributed by atoms with E-state index in [2.05, 4.69) is 0 Å². The Morgan fingerprint density at radius 3 is 3.05 bits per heavy atom. The number of thiophene rings is 1. The highest BCUT2D eigenvalue weighted by molar-refractivity contribution is 7.16.